The van der Waals surface area contributed by atoms with Crippen molar-refractivity contribution in [1.82, 2.24) is 4.90 Å². The van der Waals surface area contributed by atoms with E-state index in [1.165, 1.54) is 0 Å². The maximum absolute atomic E-state index is 12.7. The molecule has 0 spiro atoms. The van der Waals surface area contributed by atoms with Gasteiger partial charge in [0, 0.05) is 10.7 Å². The van der Waals surface area contributed by atoms with Crippen molar-refractivity contribution in [2.75, 3.05) is 23.7 Å². The van der Waals surface area contributed by atoms with Crippen LogP contribution >= 0.6 is 23.2 Å². The molecule has 0 radical (unpaired) electrons. The molecule has 2 aromatic carbocycles. The minimum Gasteiger partial charge on any atom is -0.325 e. The van der Waals surface area contributed by atoms with Crippen molar-refractivity contribution in [3.8, 4) is 0 Å². The molecule has 1 saturated heterocycles. The quantitative estimate of drug-likeness (QED) is 0.740. The Bertz CT molecular complexity index is 901. The molecule has 1 heterocycles. The summed E-state index contributed by atoms with van der Waals surface area (Å²) in [4.78, 5) is 27.2. The number of benzene rings is 2. The Kier molecular flexibility index (Phi) is 6.60. The molecule has 0 aliphatic carbocycles. The molecule has 1 unspecified atom stereocenters. The van der Waals surface area contributed by atoms with Gasteiger partial charge in [0.2, 0.25) is 11.8 Å². The number of carbonyl (C=O) groups excluding carboxylic acids is 2. The predicted molar refractivity (Wildman–Crippen MR) is 114 cm³/mol. The second kappa shape index (κ2) is 8.95. The summed E-state index contributed by atoms with van der Waals surface area (Å²) in [6, 6.07) is 10.5. The van der Waals surface area contributed by atoms with Crippen LogP contribution in [-0.2, 0) is 9.59 Å². The standard InChI is InChI=1S/C21H23Cl2N3O2/c1-13-5-6-14(2)18(10-13)24-20(27)12-26-9-3-4-19(26)21(28)25-17-8-7-15(22)11-16(17)23/h5-8,10-11,19H,3-4,9,12H2,1-2H3,(H,24,27)(H,25,28). The smallest absolute Gasteiger partial charge is 0.241 e. The van der Waals surface area contributed by atoms with Crippen LogP contribution in [0.1, 0.15) is 24.0 Å². The maximum Gasteiger partial charge on any atom is 0.241 e. The summed E-state index contributed by atoms with van der Waals surface area (Å²) in [5, 5.41) is 6.70. The fourth-order valence-electron chi connectivity index (χ4n) is 3.36. The monoisotopic (exact) mass is 419 g/mol. The highest BCUT2D eigenvalue weighted by molar-refractivity contribution is 6.36. The summed E-state index contributed by atoms with van der Waals surface area (Å²) >= 11 is 12.0. The van der Waals surface area contributed by atoms with Crippen molar-refractivity contribution in [3.63, 3.8) is 0 Å². The lowest BCUT2D eigenvalue weighted by Gasteiger charge is -2.23. The highest BCUT2D eigenvalue weighted by Gasteiger charge is 2.32. The highest BCUT2D eigenvalue weighted by Crippen LogP contribution is 2.27. The zero-order valence-corrected chi connectivity index (χ0v) is 17.4. The zero-order valence-electron chi connectivity index (χ0n) is 15.9. The normalized spacial score (nSPS) is 16.8. The Hall–Kier alpha value is -2.08. The molecule has 3 rings (SSSR count). The molecule has 5 nitrogen and oxygen atoms in total. The Balaban J connectivity index is 1.63. The molecule has 1 fully saturated rings. The molecule has 2 N–H and O–H groups in total. The molecular formula is C21H23Cl2N3O2. The first-order valence-corrected chi connectivity index (χ1v) is 9.96. The number of nitrogens with one attached hydrogen (secondary N) is 2. The van der Waals surface area contributed by atoms with Crippen molar-refractivity contribution in [3.05, 3.63) is 57.6 Å². The summed E-state index contributed by atoms with van der Waals surface area (Å²) in [5.41, 5.74) is 3.41. The zero-order chi connectivity index (χ0) is 20.3. The van der Waals surface area contributed by atoms with Crippen LogP contribution in [0.4, 0.5) is 11.4 Å². The van der Waals surface area contributed by atoms with Gasteiger partial charge in [0.15, 0.2) is 0 Å². The third-order valence-corrected chi connectivity index (χ3v) is 5.42. The molecule has 7 heteroatoms. The Morgan fingerprint density at radius 1 is 1.07 bits per heavy atom. The average Bonchev–Trinajstić information content (AvgIpc) is 3.08. The first kappa shape index (κ1) is 20.6. The van der Waals surface area contributed by atoms with Crippen LogP contribution in [0, 0.1) is 13.8 Å². The van der Waals surface area contributed by atoms with Gasteiger partial charge in [-0.1, -0.05) is 35.3 Å². The molecule has 0 saturated carbocycles. The average molecular weight is 420 g/mol. The molecule has 1 aliphatic rings. The van der Waals surface area contributed by atoms with Crippen molar-refractivity contribution < 1.29 is 9.59 Å². The summed E-state index contributed by atoms with van der Waals surface area (Å²) in [5.74, 6) is -0.292. The lowest BCUT2D eigenvalue weighted by Crippen LogP contribution is -2.43. The molecule has 1 aliphatic heterocycles. The van der Waals surface area contributed by atoms with Crippen LogP contribution in [0.5, 0.6) is 0 Å². The van der Waals surface area contributed by atoms with Crippen molar-refractivity contribution in [1.29, 1.82) is 0 Å². The number of halogens is 2. The van der Waals surface area contributed by atoms with Gasteiger partial charge in [0.1, 0.15) is 0 Å². The molecule has 0 bridgehead atoms. The third-order valence-electron chi connectivity index (χ3n) is 4.87. The first-order valence-electron chi connectivity index (χ1n) is 9.20. The molecule has 2 amide bonds. The largest absolute Gasteiger partial charge is 0.325 e. The lowest BCUT2D eigenvalue weighted by molar-refractivity contribution is -0.122. The maximum atomic E-state index is 12.7. The molecule has 0 aromatic heterocycles. The molecule has 2 aromatic rings. The van der Waals surface area contributed by atoms with Gasteiger partial charge >= 0.3 is 0 Å². The van der Waals surface area contributed by atoms with Crippen molar-refractivity contribution in [2.45, 2.75) is 32.7 Å². The fourth-order valence-corrected chi connectivity index (χ4v) is 3.82. The molecular weight excluding hydrogens is 397 g/mol. The van der Waals surface area contributed by atoms with Crippen LogP contribution in [0.3, 0.4) is 0 Å². The van der Waals surface area contributed by atoms with E-state index in [1.54, 1.807) is 18.2 Å². The minimum atomic E-state index is -0.365. The predicted octanol–water partition coefficient (Wildman–Crippen LogP) is 4.65. The third kappa shape index (κ3) is 5.04. The first-order chi connectivity index (χ1) is 13.3. The SMILES string of the molecule is Cc1ccc(C)c(NC(=O)CN2CCCC2C(=O)Nc2ccc(Cl)cc2Cl)c1. The van der Waals surface area contributed by atoms with Crippen LogP contribution in [-0.4, -0.2) is 35.8 Å². The highest BCUT2D eigenvalue weighted by atomic mass is 35.5. The van der Waals surface area contributed by atoms with Gasteiger partial charge in [-0.05, 0) is 68.6 Å². The summed E-state index contributed by atoms with van der Waals surface area (Å²) in [6.07, 6.45) is 1.57. The van der Waals surface area contributed by atoms with E-state index in [9.17, 15) is 9.59 Å². The van der Waals surface area contributed by atoms with E-state index in [0.717, 1.165) is 23.2 Å². The number of amides is 2. The second-order valence-electron chi connectivity index (χ2n) is 7.11. The minimum absolute atomic E-state index is 0.127. The van der Waals surface area contributed by atoms with E-state index in [0.29, 0.717) is 28.7 Å². The van der Waals surface area contributed by atoms with Gasteiger partial charge in [-0.3, -0.25) is 14.5 Å². The van der Waals surface area contributed by atoms with E-state index in [2.05, 4.69) is 10.6 Å². The molecule has 1 atom stereocenters. The number of anilines is 2. The topological polar surface area (TPSA) is 61.4 Å². The Morgan fingerprint density at radius 3 is 2.61 bits per heavy atom. The van der Waals surface area contributed by atoms with Crippen molar-refractivity contribution >= 4 is 46.4 Å². The molecule has 28 heavy (non-hydrogen) atoms. The number of hydrogen-bond donors (Lipinski definition) is 2. The van der Waals surface area contributed by atoms with E-state index in [4.69, 9.17) is 23.2 Å². The van der Waals surface area contributed by atoms with Crippen LogP contribution in [0.2, 0.25) is 10.0 Å². The van der Waals surface area contributed by atoms with Gasteiger partial charge in [0.05, 0.1) is 23.3 Å². The Labute approximate surface area is 175 Å². The van der Waals surface area contributed by atoms with Crippen molar-refractivity contribution in [2.24, 2.45) is 0 Å². The van der Waals surface area contributed by atoms with Crippen LogP contribution in [0.15, 0.2) is 36.4 Å². The van der Waals surface area contributed by atoms with E-state index in [-0.39, 0.29) is 24.4 Å². The fraction of sp³-hybridized carbons (Fsp3) is 0.333. The number of aryl methyl sites for hydroxylation is 2. The van der Waals surface area contributed by atoms with Gasteiger partial charge in [0.25, 0.3) is 0 Å². The van der Waals surface area contributed by atoms with E-state index >= 15 is 0 Å². The lowest BCUT2D eigenvalue weighted by atomic mass is 10.1. The van der Waals surface area contributed by atoms with Gasteiger partial charge < -0.3 is 10.6 Å². The summed E-state index contributed by atoms with van der Waals surface area (Å²) < 4.78 is 0. The van der Waals surface area contributed by atoms with Crippen LogP contribution < -0.4 is 10.6 Å². The number of rotatable bonds is 5. The van der Waals surface area contributed by atoms with Gasteiger partial charge in [-0.25, -0.2) is 0 Å². The van der Waals surface area contributed by atoms with Gasteiger partial charge in [-0.15, -0.1) is 0 Å². The number of likely N-dealkylation sites (tertiary alicyclic amines) is 1. The summed E-state index contributed by atoms with van der Waals surface area (Å²) in [6.45, 7) is 4.81. The van der Waals surface area contributed by atoms with Gasteiger partial charge in [-0.2, -0.15) is 0 Å². The van der Waals surface area contributed by atoms with E-state index in [1.807, 2.05) is 36.9 Å². The number of hydrogen-bond acceptors (Lipinski definition) is 3. The Morgan fingerprint density at radius 2 is 1.86 bits per heavy atom. The summed E-state index contributed by atoms with van der Waals surface area (Å²) in [7, 11) is 0. The molecule has 148 valence electrons. The number of carbonyl (C=O) groups is 2. The van der Waals surface area contributed by atoms with E-state index < -0.39 is 0 Å². The van der Waals surface area contributed by atoms with Crippen LogP contribution in [0.25, 0.3) is 0 Å². The second-order valence-corrected chi connectivity index (χ2v) is 7.95. The number of nitrogens with zero attached hydrogens (tertiary/aromatic N) is 1.